The molecule has 0 atom stereocenters. The average Bonchev–Trinajstić information content (AvgIpc) is 2.57. The maximum absolute atomic E-state index is 2.18. The lowest BCUT2D eigenvalue weighted by Crippen LogP contribution is -1.76. The van der Waals surface area contributed by atoms with Gasteiger partial charge in [0.05, 0.1) is 4.88 Å². The lowest BCUT2D eigenvalue weighted by atomic mass is 10.1. The molecule has 0 aliphatic carbocycles. The first-order valence-electron chi connectivity index (χ1n) is 3.81. The van der Waals surface area contributed by atoms with Crippen molar-refractivity contribution in [3.63, 3.8) is 0 Å². The molecular weight excluding hydrogens is 184 g/mol. The molecule has 0 nitrogen and oxygen atoms in total. The third kappa shape index (κ3) is 1.40. The van der Waals surface area contributed by atoms with Gasteiger partial charge in [-0.15, -0.1) is 0 Å². The Morgan fingerprint density at radius 2 is 2.00 bits per heavy atom. The zero-order valence-corrected chi connectivity index (χ0v) is 8.41. The second-order valence-corrected chi connectivity index (χ2v) is 4.81. The van der Waals surface area contributed by atoms with Crippen LogP contribution >= 0.6 is 20.7 Å². The Balaban J connectivity index is 2.55. The van der Waals surface area contributed by atoms with Crippen LogP contribution in [-0.4, -0.2) is 0 Å². The fourth-order valence-corrected chi connectivity index (χ4v) is 3.14. The van der Waals surface area contributed by atoms with Gasteiger partial charge in [-0.3, -0.25) is 0 Å². The highest BCUT2D eigenvalue weighted by molar-refractivity contribution is 7.70. The van der Waals surface area contributed by atoms with Crippen LogP contribution in [-0.2, 0) is 0 Å². The topological polar surface area (TPSA) is 0 Å². The minimum Gasteiger partial charge on any atom is -0.0620 e. The van der Waals surface area contributed by atoms with Gasteiger partial charge in [-0.1, -0.05) is 24.3 Å². The van der Waals surface area contributed by atoms with Crippen molar-refractivity contribution in [1.29, 1.82) is 0 Å². The molecule has 2 aromatic rings. The lowest BCUT2D eigenvalue weighted by Gasteiger charge is -1.98. The average molecular weight is 193 g/mol. The molecular formula is C10H9S2+. The smallest absolute Gasteiger partial charge is 0.0620 e. The molecule has 1 aromatic carbocycles. The van der Waals surface area contributed by atoms with Crippen LogP contribution in [0.5, 0.6) is 0 Å². The zero-order valence-electron chi connectivity index (χ0n) is 6.78. The molecule has 0 unspecified atom stereocenters. The quantitative estimate of drug-likeness (QED) is 0.473. The van der Waals surface area contributed by atoms with Crippen LogP contribution < -0.4 is 0 Å². The summed E-state index contributed by atoms with van der Waals surface area (Å²) in [5.41, 5.74) is 2.72. The molecule has 0 radical (unpaired) electrons. The van der Waals surface area contributed by atoms with Crippen molar-refractivity contribution < 1.29 is 0 Å². The van der Waals surface area contributed by atoms with E-state index in [-0.39, 0.29) is 0 Å². The molecule has 0 spiro atoms. The van der Waals surface area contributed by atoms with Crippen LogP contribution in [0.25, 0.3) is 10.4 Å². The van der Waals surface area contributed by atoms with Crippen molar-refractivity contribution >= 4 is 20.7 Å². The first kappa shape index (κ1) is 7.90. The van der Waals surface area contributed by atoms with Crippen molar-refractivity contribution in [2.75, 3.05) is 0 Å². The third-order valence-electron chi connectivity index (χ3n) is 1.82. The molecule has 1 aromatic heterocycles. The SMILES string of the molecule is Cc1ccccc1-c1cc[s+]s1. The van der Waals surface area contributed by atoms with Gasteiger partial charge in [0, 0.05) is 6.07 Å². The first-order valence-corrected chi connectivity index (χ1v) is 6.02. The predicted octanol–water partition coefficient (Wildman–Crippen LogP) is 4.07. The minimum absolute atomic E-state index is 1.35. The predicted molar refractivity (Wildman–Crippen MR) is 56.8 cm³/mol. The molecule has 0 saturated heterocycles. The fourth-order valence-electron chi connectivity index (χ4n) is 1.18. The van der Waals surface area contributed by atoms with Gasteiger partial charge < -0.3 is 0 Å². The van der Waals surface area contributed by atoms with E-state index in [1.165, 1.54) is 16.0 Å². The van der Waals surface area contributed by atoms with Crippen molar-refractivity contribution in [3.05, 3.63) is 41.3 Å². The molecule has 12 heavy (non-hydrogen) atoms. The van der Waals surface area contributed by atoms with Crippen LogP contribution in [0.15, 0.2) is 35.7 Å². The van der Waals surface area contributed by atoms with E-state index in [9.17, 15) is 0 Å². The minimum atomic E-state index is 1.35. The van der Waals surface area contributed by atoms with E-state index < -0.39 is 0 Å². The van der Waals surface area contributed by atoms with E-state index >= 15 is 0 Å². The highest BCUT2D eigenvalue weighted by Gasteiger charge is 2.06. The van der Waals surface area contributed by atoms with E-state index in [0.717, 1.165) is 0 Å². The molecule has 2 heteroatoms. The number of rotatable bonds is 1. The Labute approximate surface area is 79.5 Å². The van der Waals surface area contributed by atoms with Gasteiger partial charge in [0.15, 0.2) is 10.3 Å². The van der Waals surface area contributed by atoms with Crippen LogP contribution in [0.1, 0.15) is 5.56 Å². The highest BCUT2D eigenvalue weighted by Crippen LogP contribution is 2.29. The summed E-state index contributed by atoms with van der Waals surface area (Å²) < 4.78 is 0. The normalized spacial score (nSPS) is 10.1. The van der Waals surface area contributed by atoms with E-state index in [4.69, 9.17) is 0 Å². The summed E-state index contributed by atoms with van der Waals surface area (Å²) in [5.74, 6) is 0. The monoisotopic (exact) mass is 193 g/mol. The Morgan fingerprint density at radius 3 is 2.67 bits per heavy atom. The summed E-state index contributed by atoms with van der Waals surface area (Å²) in [6, 6.07) is 10.7. The number of hydrogen-bond donors (Lipinski definition) is 0. The van der Waals surface area contributed by atoms with Crippen LogP contribution in [0, 0.1) is 6.92 Å². The highest BCUT2D eigenvalue weighted by atomic mass is 32.9. The van der Waals surface area contributed by atoms with Crippen molar-refractivity contribution in [2.45, 2.75) is 6.92 Å². The van der Waals surface area contributed by atoms with Gasteiger partial charge in [-0.05, 0) is 18.1 Å². The van der Waals surface area contributed by atoms with E-state index in [1.54, 1.807) is 10.3 Å². The Kier molecular flexibility index (Phi) is 2.19. The van der Waals surface area contributed by atoms with Crippen LogP contribution in [0.4, 0.5) is 0 Å². The van der Waals surface area contributed by atoms with Crippen molar-refractivity contribution in [2.24, 2.45) is 0 Å². The van der Waals surface area contributed by atoms with Crippen molar-refractivity contribution in [1.82, 2.24) is 0 Å². The Hall–Kier alpha value is -0.730. The molecule has 0 N–H and O–H groups in total. The first-order chi connectivity index (χ1) is 5.88. The number of benzene rings is 1. The number of aryl methyl sites for hydroxylation is 1. The lowest BCUT2D eigenvalue weighted by molar-refractivity contribution is 1.48. The van der Waals surface area contributed by atoms with Gasteiger partial charge in [-0.2, -0.15) is 0 Å². The molecule has 0 aliphatic rings. The maximum atomic E-state index is 2.18. The second kappa shape index (κ2) is 3.33. The van der Waals surface area contributed by atoms with Crippen LogP contribution in [0.2, 0.25) is 0 Å². The van der Waals surface area contributed by atoms with Gasteiger partial charge >= 0.3 is 0 Å². The summed E-state index contributed by atoms with van der Waals surface area (Å²) in [4.78, 5) is 1.37. The maximum Gasteiger partial charge on any atom is 0.292 e. The van der Waals surface area contributed by atoms with Gasteiger partial charge in [-0.25, -0.2) is 0 Å². The third-order valence-corrected chi connectivity index (χ3v) is 3.86. The Bertz CT molecular complexity index is 363. The summed E-state index contributed by atoms with van der Waals surface area (Å²) >= 11 is 0. The molecule has 2 rings (SSSR count). The summed E-state index contributed by atoms with van der Waals surface area (Å²) in [7, 11) is 3.62. The van der Waals surface area contributed by atoms with Gasteiger partial charge in [0.2, 0.25) is 5.38 Å². The van der Waals surface area contributed by atoms with Gasteiger partial charge in [0.1, 0.15) is 0 Å². The molecule has 0 bridgehead atoms. The van der Waals surface area contributed by atoms with Crippen LogP contribution in [0.3, 0.4) is 0 Å². The standard InChI is InChI=1S/C10H9S2/c1-8-4-2-3-5-9(8)10-6-7-11-12-10/h2-7H,1H3/q+1. The molecule has 60 valence electrons. The van der Waals surface area contributed by atoms with Crippen molar-refractivity contribution in [3.8, 4) is 10.4 Å². The summed E-state index contributed by atoms with van der Waals surface area (Å²) in [5, 5.41) is 2.13. The van der Waals surface area contributed by atoms with Gasteiger partial charge in [0.25, 0.3) is 10.3 Å². The molecule has 0 fully saturated rings. The fraction of sp³-hybridized carbons (Fsp3) is 0.100. The molecule has 0 aliphatic heterocycles. The number of hydrogen-bond acceptors (Lipinski definition) is 1. The van der Waals surface area contributed by atoms with E-state index in [1.807, 2.05) is 10.3 Å². The Morgan fingerprint density at radius 1 is 1.17 bits per heavy atom. The summed E-state index contributed by atoms with van der Waals surface area (Å²) in [6.07, 6.45) is 0. The summed E-state index contributed by atoms with van der Waals surface area (Å²) in [6.45, 7) is 2.15. The largest absolute Gasteiger partial charge is 0.292 e. The second-order valence-electron chi connectivity index (χ2n) is 2.66. The molecule has 0 saturated carbocycles. The molecule has 1 heterocycles. The zero-order chi connectivity index (χ0) is 8.39. The molecule has 0 amide bonds. The van der Waals surface area contributed by atoms with E-state index in [0.29, 0.717) is 0 Å². The van der Waals surface area contributed by atoms with E-state index in [2.05, 4.69) is 42.6 Å².